The number of nitrogens with zero attached hydrogens (tertiary/aromatic N) is 2. The van der Waals surface area contributed by atoms with Crippen molar-refractivity contribution in [3.63, 3.8) is 0 Å². The van der Waals surface area contributed by atoms with Crippen LogP contribution in [-0.4, -0.2) is 39.6 Å². The third-order valence-electron chi connectivity index (χ3n) is 4.45. The van der Waals surface area contributed by atoms with E-state index in [1.807, 2.05) is 59.5 Å². The zero-order valence-corrected chi connectivity index (χ0v) is 16.4. The van der Waals surface area contributed by atoms with Crippen LogP contribution in [0.4, 0.5) is 0 Å². The first-order valence-electron chi connectivity index (χ1n) is 9.25. The minimum absolute atomic E-state index is 0.120. The summed E-state index contributed by atoms with van der Waals surface area (Å²) in [7, 11) is 0. The summed E-state index contributed by atoms with van der Waals surface area (Å²) >= 11 is 1.61. The highest BCUT2D eigenvalue weighted by Gasteiger charge is 2.17. The summed E-state index contributed by atoms with van der Waals surface area (Å²) in [6, 6.07) is 18.1. The van der Waals surface area contributed by atoms with Crippen molar-refractivity contribution in [3.05, 3.63) is 66.0 Å². The Morgan fingerprint density at radius 1 is 1.19 bits per heavy atom. The summed E-state index contributed by atoms with van der Waals surface area (Å²) in [5.41, 5.74) is 8.77. The maximum Gasteiger partial charge on any atom is 0.232 e. The molecule has 1 aromatic heterocycles. The molecule has 2 aromatic carbocycles. The van der Waals surface area contributed by atoms with E-state index < -0.39 is 0 Å². The third-order valence-corrected chi connectivity index (χ3v) is 5.59. The van der Waals surface area contributed by atoms with Crippen LogP contribution in [0.15, 0.2) is 54.6 Å². The Balaban J connectivity index is 1.60. The average Bonchev–Trinajstić information content (AvgIpc) is 3.14. The Morgan fingerprint density at radius 2 is 1.93 bits per heavy atom. The van der Waals surface area contributed by atoms with E-state index in [0.717, 1.165) is 28.8 Å². The van der Waals surface area contributed by atoms with Gasteiger partial charge in [-0.3, -0.25) is 4.79 Å². The number of fused-ring (bicyclic) bond motifs is 1. The van der Waals surface area contributed by atoms with E-state index in [9.17, 15) is 4.79 Å². The number of amides is 1. The lowest BCUT2D eigenvalue weighted by molar-refractivity contribution is -0.129. The van der Waals surface area contributed by atoms with Crippen molar-refractivity contribution in [2.75, 3.05) is 18.8 Å². The molecule has 0 radical (unpaired) electrons. The van der Waals surface area contributed by atoms with Gasteiger partial charge in [0, 0.05) is 13.1 Å². The Bertz CT molecular complexity index is 832. The molecule has 5 nitrogen and oxygen atoms in total. The Labute approximate surface area is 164 Å². The van der Waals surface area contributed by atoms with Crippen LogP contribution in [0.2, 0.25) is 0 Å². The van der Waals surface area contributed by atoms with Crippen molar-refractivity contribution in [1.82, 2.24) is 14.9 Å². The number of aromatic nitrogens is 2. The normalized spacial score (nSPS) is 12.2. The molecule has 0 aliphatic heterocycles. The van der Waals surface area contributed by atoms with Gasteiger partial charge in [-0.1, -0.05) is 42.5 Å². The fourth-order valence-electron chi connectivity index (χ4n) is 2.91. The van der Waals surface area contributed by atoms with Gasteiger partial charge in [0.05, 0.1) is 22.0 Å². The van der Waals surface area contributed by atoms with Crippen LogP contribution in [-0.2, 0) is 11.3 Å². The highest BCUT2D eigenvalue weighted by atomic mass is 32.2. The molecule has 0 saturated carbocycles. The molecular formula is C21H26N4OS. The van der Waals surface area contributed by atoms with Crippen LogP contribution in [0.5, 0.6) is 0 Å². The van der Waals surface area contributed by atoms with Crippen LogP contribution >= 0.6 is 11.8 Å². The molecule has 0 bridgehead atoms. The van der Waals surface area contributed by atoms with Gasteiger partial charge in [-0.25, -0.2) is 4.98 Å². The van der Waals surface area contributed by atoms with Gasteiger partial charge < -0.3 is 15.6 Å². The van der Waals surface area contributed by atoms with Crippen molar-refractivity contribution in [1.29, 1.82) is 0 Å². The van der Waals surface area contributed by atoms with Crippen LogP contribution in [0.1, 0.15) is 30.0 Å². The predicted molar refractivity (Wildman–Crippen MR) is 112 cm³/mol. The van der Waals surface area contributed by atoms with Gasteiger partial charge in [0.1, 0.15) is 5.82 Å². The van der Waals surface area contributed by atoms with Gasteiger partial charge in [-0.05, 0) is 37.6 Å². The van der Waals surface area contributed by atoms with E-state index in [0.29, 0.717) is 25.4 Å². The van der Waals surface area contributed by atoms with Crippen LogP contribution in [0.25, 0.3) is 11.0 Å². The zero-order chi connectivity index (χ0) is 19.1. The van der Waals surface area contributed by atoms with Crippen molar-refractivity contribution in [2.45, 2.75) is 25.1 Å². The second-order valence-electron chi connectivity index (χ2n) is 6.54. The highest BCUT2D eigenvalue weighted by Crippen LogP contribution is 2.28. The molecule has 3 rings (SSSR count). The number of nitrogens with one attached hydrogen (secondary N) is 1. The zero-order valence-electron chi connectivity index (χ0n) is 15.6. The largest absolute Gasteiger partial charge is 0.341 e. The van der Waals surface area contributed by atoms with Crippen LogP contribution in [0, 0.1) is 0 Å². The van der Waals surface area contributed by atoms with E-state index in [1.165, 1.54) is 0 Å². The maximum atomic E-state index is 12.8. The molecule has 0 fully saturated rings. The molecular weight excluding hydrogens is 356 g/mol. The number of thioether (sulfide) groups is 1. The number of rotatable bonds is 9. The van der Waals surface area contributed by atoms with Gasteiger partial charge >= 0.3 is 0 Å². The number of nitrogens with two attached hydrogens (primary N) is 1. The van der Waals surface area contributed by atoms with Gasteiger partial charge in [0.2, 0.25) is 5.91 Å². The Kier molecular flexibility index (Phi) is 6.90. The second-order valence-corrected chi connectivity index (χ2v) is 7.86. The van der Waals surface area contributed by atoms with E-state index in [1.54, 1.807) is 11.8 Å². The number of H-pyrrole nitrogens is 1. The van der Waals surface area contributed by atoms with Gasteiger partial charge in [-0.2, -0.15) is 0 Å². The SMILES string of the molecule is CC(SCC(=O)N(CCCN)Cc1ccccc1)c1nc2ccccc2[nH]1. The predicted octanol–water partition coefficient (Wildman–Crippen LogP) is 3.73. The summed E-state index contributed by atoms with van der Waals surface area (Å²) in [6.07, 6.45) is 0.808. The van der Waals surface area contributed by atoms with Crippen molar-refractivity contribution >= 4 is 28.7 Å². The molecule has 1 unspecified atom stereocenters. The van der Waals surface area contributed by atoms with Crippen molar-refractivity contribution in [3.8, 4) is 0 Å². The number of aromatic amines is 1. The van der Waals surface area contributed by atoms with Gasteiger partial charge in [0.15, 0.2) is 0 Å². The number of para-hydroxylation sites is 2. The first-order valence-corrected chi connectivity index (χ1v) is 10.3. The van der Waals surface area contributed by atoms with Gasteiger partial charge in [0.25, 0.3) is 0 Å². The fourth-order valence-corrected chi connectivity index (χ4v) is 3.75. The molecule has 0 saturated heterocycles. The molecule has 0 aliphatic carbocycles. The molecule has 27 heavy (non-hydrogen) atoms. The summed E-state index contributed by atoms with van der Waals surface area (Å²) in [6.45, 7) is 3.97. The summed E-state index contributed by atoms with van der Waals surface area (Å²) < 4.78 is 0. The molecule has 1 amide bonds. The standard InChI is InChI=1S/C21H26N4OS/c1-16(21-23-18-10-5-6-11-19(18)24-21)27-15-20(26)25(13-7-12-22)14-17-8-3-2-4-9-17/h2-6,8-11,16H,7,12-15,22H2,1H3,(H,23,24). The lowest BCUT2D eigenvalue weighted by Gasteiger charge is -2.23. The Morgan fingerprint density at radius 3 is 2.67 bits per heavy atom. The van der Waals surface area contributed by atoms with E-state index in [4.69, 9.17) is 5.73 Å². The fraction of sp³-hybridized carbons (Fsp3) is 0.333. The molecule has 0 spiro atoms. The highest BCUT2D eigenvalue weighted by molar-refractivity contribution is 8.00. The smallest absolute Gasteiger partial charge is 0.232 e. The number of benzene rings is 2. The van der Waals surface area contributed by atoms with E-state index in [-0.39, 0.29) is 11.2 Å². The average molecular weight is 383 g/mol. The summed E-state index contributed by atoms with van der Waals surface area (Å²) in [5.74, 6) is 1.47. The van der Waals surface area contributed by atoms with E-state index >= 15 is 0 Å². The van der Waals surface area contributed by atoms with Crippen LogP contribution < -0.4 is 5.73 Å². The molecule has 3 N–H and O–H groups in total. The third kappa shape index (κ3) is 5.34. The number of carbonyl (C=O) groups is 1. The first-order chi connectivity index (χ1) is 13.2. The van der Waals surface area contributed by atoms with Crippen molar-refractivity contribution < 1.29 is 4.79 Å². The molecule has 6 heteroatoms. The topological polar surface area (TPSA) is 75.0 Å². The number of hydrogen-bond acceptors (Lipinski definition) is 4. The van der Waals surface area contributed by atoms with Crippen molar-refractivity contribution in [2.24, 2.45) is 5.73 Å². The maximum absolute atomic E-state index is 12.8. The number of carbonyl (C=O) groups excluding carboxylic acids is 1. The first kappa shape index (κ1) is 19.5. The van der Waals surface area contributed by atoms with Crippen LogP contribution in [0.3, 0.4) is 0 Å². The molecule has 1 heterocycles. The molecule has 142 valence electrons. The molecule has 1 atom stereocenters. The minimum atomic E-state index is 0.120. The second kappa shape index (κ2) is 9.58. The minimum Gasteiger partial charge on any atom is -0.341 e. The Hall–Kier alpha value is -2.31. The lowest BCUT2D eigenvalue weighted by atomic mass is 10.2. The summed E-state index contributed by atoms with van der Waals surface area (Å²) in [4.78, 5) is 22.7. The lowest BCUT2D eigenvalue weighted by Crippen LogP contribution is -2.34. The van der Waals surface area contributed by atoms with Gasteiger partial charge in [-0.15, -0.1) is 11.8 Å². The monoisotopic (exact) mass is 382 g/mol. The molecule has 3 aromatic rings. The van der Waals surface area contributed by atoms with E-state index in [2.05, 4.69) is 16.9 Å². The summed E-state index contributed by atoms with van der Waals surface area (Å²) in [5, 5.41) is 0.120. The molecule has 0 aliphatic rings. The number of hydrogen-bond donors (Lipinski definition) is 2. The quantitative estimate of drug-likeness (QED) is 0.591. The number of imidazole rings is 1.